The van der Waals surface area contributed by atoms with Crippen molar-refractivity contribution in [1.29, 1.82) is 0 Å². The minimum atomic E-state index is -4.28. The zero-order valence-electron chi connectivity index (χ0n) is 21.8. The van der Waals surface area contributed by atoms with Gasteiger partial charge >= 0.3 is 0 Å². The molecular weight excluding hydrogens is 564 g/mol. The molecule has 0 radical (unpaired) electrons. The number of nitrogens with zero attached hydrogens (tertiary/aromatic N) is 2. The number of rotatable bonds is 11. The molecule has 11 heteroatoms. The van der Waals surface area contributed by atoms with Gasteiger partial charge in [-0.1, -0.05) is 60.5 Å². The van der Waals surface area contributed by atoms with Crippen LogP contribution in [-0.4, -0.2) is 43.8 Å². The van der Waals surface area contributed by atoms with E-state index in [1.807, 2.05) is 13.8 Å². The Morgan fingerprint density at radius 3 is 2.23 bits per heavy atom. The highest BCUT2D eigenvalue weighted by molar-refractivity contribution is 7.92. The molecule has 0 saturated carbocycles. The Balaban J connectivity index is 2.05. The van der Waals surface area contributed by atoms with Crippen molar-refractivity contribution in [2.24, 2.45) is 0 Å². The van der Waals surface area contributed by atoms with Crippen LogP contribution in [0.25, 0.3) is 0 Å². The molecule has 0 aliphatic heterocycles. The number of halogens is 3. The number of benzene rings is 3. The molecule has 0 aliphatic carbocycles. The lowest BCUT2D eigenvalue weighted by molar-refractivity contribution is -0.139. The Labute approximate surface area is 238 Å². The summed E-state index contributed by atoms with van der Waals surface area (Å²) in [5.74, 6) is -1.52. The van der Waals surface area contributed by atoms with Crippen LogP contribution < -0.4 is 9.62 Å². The summed E-state index contributed by atoms with van der Waals surface area (Å²) in [5, 5.41) is 3.14. The zero-order valence-corrected chi connectivity index (χ0v) is 24.1. The van der Waals surface area contributed by atoms with E-state index in [4.69, 9.17) is 23.2 Å². The minimum Gasteiger partial charge on any atom is -0.352 e. The van der Waals surface area contributed by atoms with Crippen LogP contribution in [0.3, 0.4) is 0 Å². The number of hydrogen-bond donors (Lipinski definition) is 1. The van der Waals surface area contributed by atoms with Gasteiger partial charge < -0.3 is 10.2 Å². The fourth-order valence-corrected chi connectivity index (χ4v) is 5.63. The summed E-state index contributed by atoms with van der Waals surface area (Å²) >= 11 is 12.6. The summed E-state index contributed by atoms with van der Waals surface area (Å²) in [6.45, 7) is 4.59. The summed E-state index contributed by atoms with van der Waals surface area (Å²) in [7, 11) is -4.28. The molecule has 7 nitrogen and oxygen atoms in total. The van der Waals surface area contributed by atoms with E-state index >= 15 is 0 Å². The lowest BCUT2D eigenvalue weighted by atomic mass is 10.1. The van der Waals surface area contributed by atoms with E-state index in [1.165, 1.54) is 59.5 Å². The number of nitrogens with one attached hydrogen (secondary N) is 1. The van der Waals surface area contributed by atoms with Crippen molar-refractivity contribution in [1.82, 2.24) is 10.2 Å². The van der Waals surface area contributed by atoms with Crippen LogP contribution >= 0.6 is 23.2 Å². The quantitative estimate of drug-likeness (QED) is 0.311. The van der Waals surface area contributed by atoms with E-state index in [2.05, 4.69) is 5.32 Å². The molecule has 3 rings (SSSR count). The predicted molar refractivity (Wildman–Crippen MR) is 152 cm³/mol. The maximum absolute atomic E-state index is 13.9. The standard InChI is InChI=1S/C28H30Cl2FN3O4S/c1-4-19(2)32-28(36)20(3)33(17-21-10-13-23(31)14-11-21)27(35)18-34(26-16-22(29)12-15-25(26)30)39(37,38)24-8-6-5-7-9-24/h5-16,19-20H,4,17-18H2,1-3H3,(H,32,36). The van der Waals surface area contributed by atoms with E-state index in [-0.39, 0.29) is 33.2 Å². The van der Waals surface area contributed by atoms with Crippen LogP contribution in [-0.2, 0) is 26.2 Å². The van der Waals surface area contributed by atoms with E-state index in [9.17, 15) is 22.4 Å². The molecule has 0 aromatic heterocycles. The molecule has 0 bridgehead atoms. The molecule has 0 saturated heterocycles. The van der Waals surface area contributed by atoms with Gasteiger partial charge in [0.1, 0.15) is 18.4 Å². The molecule has 0 aliphatic rings. The molecule has 3 aromatic carbocycles. The van der Waals surface area contributed by atoms with Gasteiger partial charge in [0.25, 0.3) is 10.0 Å². The minimum absolute atomic E-state index is 0.0137. The molecule has 208 valence electrons. The third kappa shape index (κ3) is 7.71. The third-order valence-electron chi connectivity index (χ3n) is 6.22. The van der Waals surface area contributed by atoms with E-state index in [0.717, 1.165) is 4.31 Å². The van der Waals surface area contributed by atoms with Crippen molar-refractivity contribution >= 4 is 50.7 Å². The zero-order chi connectivity index (χ0) is 28.7. The molecule has 0 fully saturated rings. The van der Waals surface area contributed by atoms with Crippen LogP contribution in [0.15, 0.2) is 77.7 Å². The van der Waals surface area contributed by atoms with Gasteiger partial charge in [-0.15, -0.1) is 0 Å². The highest BCUT2D eigenvalue weighted by atomic mass is 35.5. The topological polar surface area (TPSA) is 86.8 Å². The molecule has 2 atom stereocenters. The van der Waals surface area contributed by atoms with Crippen LogP contribution in [0.4, 0.5) is 10.1 Å². The van der Waals surface area contributed by atoms with Gasteiger partial charge in [-0.05, 0) is 68.3 Å². The van der Waals surface area contributed by atoms with Gasteiger partial charge in [0.2, 0.25) is 11.8 Å². The van der Waals surface area contributed by atoms with Crippen LogP contribution in [0.1, 0.15) is 32.8 Å². The fraction of sp³-hybridized carbons (Fsp3) is 0.286. The number of hydrogen-bond acceptors (Lipinski definition) is 4. The average molecular weight is 595 g/mol. The Kier molecular flexibility index (Phi) is 10.4. The number of carbonyl (C=O) groups is 2. The molecule has 39 heavy (non-hydrogen) atoms. The SMILES string of the molecule is CCC(C)NC(=O)C(C)N(Cc1ccc(F)cc1)C(=O)CN(c1cc(Cl)ccc1Cl)S(=O)(=O)c1ccccc1. The first-order valence-electron chi connectivity index (χ1n) is 12.3. The van der Waals surface area contributed by atoms with Gasteiger partial charge in [-0.2, -0.15) is 0 Å². The maximum atomic E-state index is 13.9. The summed E-state index contributed by atoms with van der Waals surface area (Å²) in [6, 6.07) is 16.3. The summed E-state index contributed by atoms with van der Waals surface area (Å²) < 4.78 is 42.0. The second kappa shape index (κ2) is 13.3. The summed E-state index contributed by atoms with van der Waals surface area (Å²) in [5.41, 5.74) is 0.575. The van der Waals surface area contributed by atoms with E-state index in [1.54, 1.807) is 25.1 Å². The Bertz CT molecular complexity index is 1410. The maximum Gasteiger partial charge on any atom is 0.264 e. The van der Waals surface area contributed by atoms with Crippen LogP contribution in [0, 0.1) is 5.82 Å². The largest absolute Gasteiger partial charge is 0.352 e. The molecule has 0 spiro atoms. The Morgan fingerprint density at radius 2 is 1.62 bits per heavy atom. The number of amides is 2. The second-order valence-electron chi connectivity index (χ2n) is 9.06. The molecule has 1 N–H and O–H groups in total. The Hall–Kier alpha value is -3.14. The average Bonchev–Trinajstić information content (AvgIpc) is 2.92. The predicted octanol–water partition coefficient (Wildman–Crippen LogP) is 5.66. The first-order valence-corrected chi connectivity index (χ1v) is 14.5. The fourth-order valence-electron chi connectivity index (χ4n) is 3.74. The normalized spacial score (nSPS) is 12.9. The molecule has 3 aromatic rings. The number of sulfonamides is 1. The van der Waals surface area contributed by atoms with Crippen molar-refractivity contribution in [3.8, 4) is 0 Å². The van der Waals surface area contributed by atoms with Gasteiger partial charge in [-0.25, -0.2) is 12.8 Å². The van der Waals surface area contributed by atoms with Gasteiger partial charge in [0.05, 0.1) is 15.6 Å². The third-order valence-corrected chi connectivity index (χ3v) is 8.55. The van der Waals surface area contributed by atoms with Crippen molar-refractivity contribution in [2.75, 3.05) is 10.8 Å². The van der Waals surface area contributed by atoms with E-state index < -0.39 is 40.2 Å². The molecular formula is C28H30Cl2FN3O4S. The number of carbonyl (C=O) groups excluding carboxylic acids is 2. The van der Waals surface area contributed by atoms with E-state index in [0.29, 0.717) is 12.0 Å². The molecule has 2 unspecified atom stereocenters. The lowest BCUT2D eigenvalue weighted by Crippen LogP contribution is -2.52. The summed E-state index contributed by atoms with van der Waals surface area (Å²) in [6.07, 6.45) is 0.681. The smallest absolute Gasteiger partial charge is 0.264 e. The van der Waals surface area contributed by atoms with Crippen LogP contribution in [0.5, 0.6) is 0 Å². The van der Waals surface area contributed by atoms with Crippen molar-refractivity contribution in [3.63, 3.8) is 0 Å². The molecule has 2 amide bonds. The van der Waals surface area contributed by atoms with Gasteiger partial charge in [0.15, 0.2) is 0 Å². The highest BCUT2D eigenvalue weighted by Gasteiger charge is 2.33. The summed E-state index contributed by atoms with van der Waals surface area (Å²) in [4.78, 5) is 28.1. The number of anilines is 1. The first-order chi connectivity index (χ1) is 18.4. The van der Waals surface area contributed by atoms with Crippen molar-refractivity contribution < 1.29 is 22.4 Å². The van der Waals surface area contributed by atoms with Gasteiger partial charge in [0, 0.05) is 17.6 Å². The molecule has 0 heterocycles. The Morgan fingerprint density at radius 1 is 0.974 bits per heavy atom. The van der Waals surface area contributed by atoms with Gasteiger partial charge in [-0.3, -0.25) is 13.9 Å². The second-order valence-corrected chi connectivity index (χ2v) is 11.8. The monoisotopic (exact) mass is 593 g/mol. The lowest BCUT2D eigenvalue weighted by Gasteiger charge is -2.32. The van der Waals surface area contributed by atoms with Crippen LogP contribution in [0.2, 0.25) is 10.0 Å². The van der Waals surface area contributed by atoms with Crippen molar-refractivity contribution in [2.45, 2.75) is 50.7 Å². The first kappa shape index (κ1) is 30.4. The van der Waals surface area contributed by atoms with Crippen molar-refractivity contribution in [3.05, 3.63) is 94.2 Å². The highest BCUT2D eigenvalue weighted by Crippen LogP contribution is 2.33.